The minimum atomic E-state index is -2.11. The highest BCUT2D eigenvalue weighted by Crippen LogP contribution is 2.70. The SMILES string of the molecule is CC(=O)OC[C@H]1O[C@@H](Oc2ccc3c(c2CF)S(C)(C)c2cc(N(C)C)ccc2C32OC(=O)c3ccccc32)[C@H](OC(C)=O)[C@@H](OC(C)=O)[C@H]1OC(C)=O. The van der Waals surface area contributed by atoms with Gasteiger partial charge in [0.05, 0.1) is 5.56 Å². The first-order valence-electron chi connectivity index (χ1n) is 17.1. The van der Waals surface area contributed by atoms with Crippen LogP contribution in [0, 0.1) is 0 Å². The zero-order valence-corrected chi connectivity index (χ0v) is 31.9. The van der Waals surface area contributed by atoms with Gasteiger partial charge in [-0.1, -0.05) is 24.3 Å². The van der Waals surface area contributed by atoms with Crippen LogP contribution in [0.25, 0.3) is 0 Å². The molecule has 0 radical (unpaired) electrons. The number of nitrogens with zero attached hydrogens (tertiary/aromatic N) is 1. The molecule has 0 N–H and O–H groups in total. The van der Waals surface area contributed by atoms with E-state index in [1.165, 1.54) is 13.0 Å². The van der Waals surface area contributed by atoms with E-state index in [0.29, 0.717) is 21.6 Å². The van der Waals surface area contributed by atoms with Gasteiger partial charge in [0.1, 0.15) is 25.1 Å². The molecular formula is C39H42FNO12S. The van der Waals surface area contributed by atoms with Crippen molar-refractivity contribution in [1.29, 1.82) is 0 Å². The predicted molar refractivity (Wildman–Crippen MR) is 192 cm³/mol. The first-order chi connectivity index (χ1) is 25.5. The van der Waals surface area contributed by atoms with Crippen molar-refractivity contribution in [2.24, 2.45) is 0 Å². The Labute approximate surface area is 313 Å². The van der Waals surface area contributed by atoms with E-state index in [-0.39, 0.29) is 11.3 Å². The molecule has 3 aromatic rings. The maximum absolute atomic E-state index is 15.9. The van der Waals surface area contributed by atoms with Gasteiger partial charge in [-0.3, -0.25) is 19.2 Å². The number of carbonyl (C=O) groups excluding carboxylic acids is 5. The van der Waals surface area contributed by atoms with E-state index < -0.39 is 89.5 Å². The number of hydrogen-bond acceptors (Lipinski definition) is 13. The molecule has 288 valence electrons. The standard InChI is InChI=1S/C39H42FNO12S/c1-20(42)47-19-31-33(48-21(2)43)34(49-22(3)44)35(50-23(4)45)38(52-31)51-30-16-15-29-36(26(30)18-40)54(7,8)32-17-24(41(5)6)13-14-28(32)39(29)27-12-10-9-11-25(27)37(46)53-39/h9-17,31,33-35,38H,18-19H2,1-8H3/t31-,33+,34+,35-,38-,39?/m1/s1. The van der Waals surface area contributed by atoms with Crippen molar-refractivity contribution < 1.29 is 61.5 Å². The summed E-state index contributed by atoms with van der Waals surface area (Å²) in [4.78, 5) is 65.9. The Morgan fingerprint density at radius 3 is 2.07 bits per heavy atom. The maximum Gasteiger partial charge on any atom is 0.340 e. The average molecular weight is 768 g/mol. The monoisotopic (exact) mass is 767 g/mol. The lowest BCUT2D eigenvalue weighted by Crippen LogP contribution is -2.63. The number of alkyl halides is 1. The zero-order chi connectivity index (χ0) is 39.3. The van der Waals surface area contributed by atoms with Crippen LogP contribution in [0.2, 0.25) is 0 Å². The summed E-state index contributed by atoms with van der Waals surface area (Å²) in [5, 5.41) is 0. The first-order valence-corrected chi connectivity index (χ1v) is 19.5. The van der Waals surface area contributed by atoms with Gasteiger partial charge >= 0.3 is 29.8 Å². The number of esters is 5. The van der Waals surface area contributed by atoms with Crippen LogP contribution in [-0.4, -0.2) is 93.8 Å². The largest absolute Gasteiger partial charge is 0.463 e. The highest BCUT2D eigenvalue weighted by molar-refractivity contribution is 8.32. The predicted octanol–water partition coefficient (Wildman–Crippen LogP) is 4.94. The second-order valence-electron chi connectivity index (χ2n) is 13.8. The fraction of sp³-hybridized carbons (Fsp3) is 0.410. The lowest BCUT2D eigenvalue weighted by molar-refractivity contribution is -0.288. The molecule has 3 heterocycles. The third-order valence-corrected chi connectivity index (χ3v) is 12.5. The number of carbonyl (C=O) groups is 5. The zero-order valence-electron chi connectivity index (χ0n) is 31.1. The summed E-state index contributed by atoms with van der Waals surface area (Å²) in [6.07, 6.45) is -3.25. The molecule has 54 heavy (non-hydrogen) atoms. The van der Waals surface area contributed by atoms with Crippen molar-refractivity contribution in [1.82, 2.24) is 0 Å². The van der Waals surface area contributed by atoms with Crippen LogP contribution in [0.5, 0.6) is 5.75 Å². The molecule has 3 aliphatic heterocycles. The van der Waals surface area contributed by atoms with Gasteiger partial charge in [0.25, 0.3) is 0 Å². The van der Waals surface area contributed by atoms with Gasteiger partial charge in [-0.15, -0.1) is 0 Å². The quantitative estimate of drug-likeness (QED) is 0.214. The molecule has 3 aliphatic rings. The van der Waals surface area contributed by atoms with Crippen LogP contribution >= 0.6 is 10.0 Å². The van der Waals surface area contributed by atoms with Crippen LogP contribution < -0.4 is 9.64 Å². The van der Waals surface area contributed by atoms with Crippen LogP contribution in [0.4, 0.5) is 10.1 Å². The summed E-state index contributed by atoms with van der Waals surface area (Å²) in [7, 11) is 1.72. The summed E-state index contributed by atoms with van der Waals surface area (Å²) in [6, 6.07) is 16.3. The smallest absolute Gasteiger partial charge is 0.340 e. The number of ether oxygens (including phenoxy) is 7. The summed E-state index contributed by atoms with van der Waals surface area (Å²) in [5.74, 6) is -3.60. The molecule has 1 fully saturated rings. The van der Waals surface area contributed by atoms with Gasteiger partial charge in [0.15, 0.2) is 17.8 Å². The second-order valence-corrected chi connectivity index (χ2v) is 17.3. The minimum absolute atomic E-state index is 0.00213. The van der Waals surface area contributed by atoms with Crippen LogP contribution in [0.1, 0.15) is 60.3 Å². The number of rotatable bonds is 9. The van der Waals surface area contributed by atoms with Crippen LogP contribution in [0.15, 0.2) is 64.4 Å². The Bertz CT molecular complexity index is 2030. The van der Waals surface area contributed by atoms with Crippen LogP contribution in [0.3, 0.4) is 0 Å². The third-order valence-electron chi connectivity index (χ3n) is 9.61. The number of halogens is 1. The van der Waals surface area contributed by atoms with Gasteiger partial charge in [0, 0.05) is 79.5 Å². The van der Waals surface area contributed by atoms with Gasteiger partial charge in [-0.2, -0.15) is 10.0 Å². The van der Waals surface area contributed by atoms with Crippen LogP contribution in [-0.2, 0) is 59.9 Å². The molecule has 6 atom stereocenters. The Hall–Kier alpha value is -5.15. The molecule has 0 amide bonds. The van der Waals surface area contributed by atoms with Crippen molar-refractivity contribution >= 4 is 45.6 Å². The van der Waals surface area contributed by atoms with Crippen molar-refractivity contribution in [3.8, 4) is 5.75 Å². The topological polar surface area (TPSA) is 153 Å². The van der Waals surface area contributed by atoms with Gasteiger partial charge in [0.2, 0.25) is 12.4 Å². The molecule has 3 aromatic carbocycles. The molecule has 0 aliphatic carbocycles. The molecule has 13 nitrogen and oxygen atoms in total. The highest BCUT2D eigenvalue weighted by Gasteiger charge is 2.57. The number of anilines is 1. The summed E-state index contributed by atoms with van der Waals surface area (Å²) in [5.41, 5.74) is 1.92. The summed E-state index contributed by atoms with van der Waals surface area (Å²) >= 11 is 0. The van der Waals surface area contributed by atoms with Crippen molar-refractivity contribution in [2.45, 2.75) is 80.5 Å². The fourth-order valence-electron chi connectivity index (χ4n) is 7.49. The molecule has 6 rings (SSSR count). The molecule has 1 unspecified atom stereocenters. The van der Waals surface area contributed by atoms with Gasteiger partial charge in [-0.05, 0) is 42.8 Å². The molecule has 1 spiro atoms. The van der Waals surface area contributed by atoms with Gasteiger partial charge < -0.3 is 38.1 Å². The average Bonchev–Trinajstić information content (AvgIpc) is 3.40. The van der Waals surface area contributed by atoms with E-state index in [4.69, 9.17) is 33.2 Å². The summed E-state index contributed by atoms with van der Waals surface area (Å²) < 4.78 is 56.7. The van der Waals surface area contributed by atoms with Crippen molar-refractivity contribution in [2.75, 3.05) is 38.1 Å². The maximum atomic E-state index is 15.9. The number of benzene rings is 3. The molecule has 0 aromatic heterocycles. The minimum Gasteiger partial charge on any atom is -0.463 e. The Morgan fingerprint density at radius 1 is 0.815 bits per heavy atom. The molecular weight excluding hydrogens is 725 g/mol. The van der Waals surface area contributed by atoms with E-state index in [9.17, 15) is 24.0 Å². The van der Waals surface area contributed by atoms with Gasteiger partial charge in [-0.25, -0.2) is 9.18 Å². The first kappa shape index (κ1) is 38.6. The fourth-order valence-corrected chi connectivity index (χ4v) is 10.4. The number of hydrogen-bond donors (Lipinski definition) is 0. The van der Waals surface area contributed by atoms with Crippen molar-refractivity contribution in [3.63, 3.8) is 0 Å². The lowest BCUT2D eigenvalue weighted by atomic mass is 9.78. The Kier molecular flexibility index (Phi) is 10.4. The highest BCUT2D eigenvalue weighted by atomic mass is 32.3. The lowest BCUT2D eigenvalue weighted by Gasteiger charge is -2.48. The normalized spacial score (nSPS) is 25.2. The Morgan fingerprint density at radius 2 is 1.44 bits per heavy atom. The summed E-state index contributed by atoms with van der Waals surface area (Å²) in [6.45, 7) is 3.02. The Balaban J connectivity index is 1.55. The molecule has 15 heteroatoms. The molecule has 0 bridgehead atoms. The van der Waals surface area contributed by atoms with E-state index in [1.807, 2.05) is 61.8 Å². The van der Waals surface area contributed by atoms with E-state index >= 15 is 4.39 Å². The van der Waals surface area contributed by atoms with E-state index in [0.717, 1.165) is 36.9 Å². The second kappa shape index (κ2) is 14.6. The van der Waals surface area contributed by atoms with E-state index in [2.05, 4.69) is 0 Å². The molecule has 0 saturated carbocycles. The van der Waals surface area contributed by atoms with E-state index in [1.54, 1.807) is 18.2 Å². The molecule has 1 saturated heterocycles. The third kappa shape index (κ3) is 6.63. The van der Waals surface area contributed by atoms with Crippen molar-refractivity contribution in [3.05, 3.63) is 82.4 Å². The number of fused-ring (bicyclic) bond motifs is 6.